The van der Waals surface area contributed by atoms with E-state index >= 15 is 0 Å². The van der Waals surface area contributed by atoms with E-state index in [0.717, 1.165) is 37.6 Å². The van der Waals surface area contributed by atoms with Gasteiger partial charge in [0, 0.05) is 25.0 Å². The minimum atomic E-state index is 0.298. The van der Waals surface area contributed by atoms with Crippen molar-refractivity contribution in [2.24, 2.45) is 23.5 Å². The van der Waals surface area contributed by atoms with E-state index in [9.17, 15) is 4.79 Å². The molecule has 2 saturated carbocycles. The number of amides is 1. The second-order valence-electron chi connectivity index (χ2n) is 6.86. The van der Waals surface area contributed by atoms with Crippen molar-refractivity contribution < 1.29 is 4.79 Å². The predicted octanol–water partition coefficient (Wildman–Crippen LogP) is 2.15. The Morgan fingerprint density at radius 3 is 2.67 bits per heavy atom. The first-order valence-corrected chi connectivity index (χ1v) is 7.68. The second-order valence-corrected chi connectivity index (χ2v) is 6.86. The highest BCUT2D eigenvalue weighted by atomic mass is 16.2. The van der Waals surface area contributed by atoms with Crippen LogP contribution in [0.3, 0.4) is 0 Å². The van der Waals surface area contributed by atoms with Crippen molar-refractivity contribution in [1.29, 1.82) is 0 Å². The van der Waals surface area contributed by atoms with E-state index in [2.05, 4.69) is 11.8 Å². The third kappa shape index (κ3) is 2.29. The van der Waals surface area contributed by atoms with Crippen LogP contribution in [0, 0.1) is 17.8 Å². The first kappa shape index (κ1) is 12.5. The maximum Gasteiger partial charge on any atom is 0.223 e. The molecule has 0 radical (unpaired) electrons. The number of hydrogen-bond acceptors (Lipinski definition) is 2. The first-order chi connectivity index (χ1) is 8.63. The lowest BCUT2D eigenvalue weighted by molar-refractivity contribution is -0.136. The lowest BCUT2D eigenvalue weighted by Crippen LogP contribution is -2.48. The van der Waals surface area contributed by atoms with Gasteiger partial charge in [-0.2, -0.15) is 0 Å². The van der Waals surface area contributed by atoms with Crippen LogP contribution in [0.5, 0.6) is 0 Å². The van der Waals surface area contributed by atoms with Gasteiger partial charge in [-0.05, 0) is 56.8 Å². The fourth-order valence-corrected chi connectivity index (χ4v) is 4.55. The van der Waals surface area contributed by atoms with E-state index in [0.29, 0.717) is 23.9 Å². The third-order valence-electron chi connectivity index (χ3n) is 5.56. The van der Waals surface area contributed by atoms with E-state index in [1.54, 1.807) is 0 Å². The van der Waals surface area contributed by atoms with E-state index in [4.69, 9.17) is 5.73 Å². The largest absolute Gasteiger partial charge is 0.340 e. The monoisotopic (exact) mass is 250 g/mol. The molecular formula is C15H26N2O. The van der Waals surface area contributed by atoms with Crippen molar-refractivity contribution in [3.8, 4) is 0 Å². The number of nitrogens with two attached hydrogens (primary N) is 1. The molecule has 0 spiro atoms. The summed E-state index contributed by atoms with van der Waals surface area (Å²) in [6.07, 6.45) is 8.28. The number of rotatable bonds is 2. The molecule has 18 heavy (non-hydrogen) atoms. The minimum absolute atomic E-state index is 0.298. The van der Waals surface area contributed by atoms with E-state index < -0.39 is 0 Å². The van der Waals surface area contributed by atoms with Crippen LogP contribution in [0.1, 0.15) is 51.9 Å². The molecule has 1 saturated heterocycles. The molecule has 1 heterocycles. The summed E-state index contributed by atoms with van der Waals surface area (Å²) in [4.78, 5) is 14.5. The maximum atomic E-state index is 12.4. The van der Waals surface area contributed by atoms with Crippen molar-refractivity contribution in [1.82, 2.24) is 4.90 Å². The van der Waals surface area contributed by atoms with Crippen LogP contribution in [0.4, 0.5) is 0 Å². The molecule has 0 aromatic heterocycles. The molecule has 1 aliphatic heterocycles. The summed E-state index contributed by atoms with van der Waals surface area (Å²) in [6.45, 7) is 3.03. The van der Waals surface area contributed by atoms with Gasteiger partial charge < -0.3 is 10.6 Å². The zero-order chi connectivity index (χ0) is 12.7. The van der Waals surface area contributed by atoms with Gasteiger partial charge in [-0.1, -0.05) is 6.42 Å². The van der Waals surface area contributed by atoms with E-state index in [1.807, 2.05) is 0 Å². The molecule has 102 valence electrons. The highest BCUT2D eigenvalue weighted by Crippen LogP contribution is 2.49. The number of carbonyl (C=O) groups is 1. The van der Waals surface area contributed by atoms with Crippen LogP contribution in [0.15, 0.2) is 0 Å². The molecule has 3 fully saturated rings. The lowest BCUT2D eigenvalue weighted by atomic mass is 9.85. The van der Waals surface area contributed by atoms with Crippen LogP contribution < -0.4 is 5.73 Å². The molecule has 1 amide bonds. The summed E-state index contributed by atoms with van der Waals surface area (Å²) in [7, 11) is 0. The number of likely N-dealkylation sites (tertiary alicyclic amines) is 1. The molecule has 3 aliphatic rings. The van der Waals surface area contributed by atoms with Crippen molar-refractivity contribution in [3.05, 3.63) is 0 Å². The minimum Gasteiger partial charge on any atom is -0.340 e. The number of piperidine rings is 1. The smallest absolute Gasteiger partial charge is 0.223 e. The van der Waals surface area contributed by atoms with Crippen LogP contribution >= 0.6 is 0 Å². The van der Waals surface area contributed by atoms with Gasteiger partial charge >= 0.3 is 0 Å². The van der Waals surface area contributed by atoms with Crippen molar-refractivity contribution in [2.45, 2.75) is 64.0 Å². The Bertz CT molecular complexity index is 330. The fraction of sp³-hybridized carbons (Fsp3) is 0.933. The van der Waals surface area contributed by atoms with Gasteiger partial charge in [0.1, 0.15) is 0 Å². The Balaban J connectivity index is 1.55. The van der Waals surface area contributed by atoms with Crippen molar-refractivity contribution in [2.75, 3.05) is 6.54 Å². The maximum absolute atomic E-state index is 12.4. The normalized spacial score (nSPS) is 43.4. The Labute approximate surface area is 110 Å². The molecule has 0 aromatic carbocycles. The highest BCUT2D eigenvalue weighted by Gasteiger charge is 2.41. The summed E-state index contributed by atoms with van der Waals surface area (Å²) >= 11 is 0. The summed E-state index contributed by atoms with van der Waals surface area (Å²) in [5.41, 5.74) is 5.96. The molecule has 2 aliphatic carbocycles. The summed E-state index contributed by atoms with van der Waals surface area (Å²) in [6, 6.07) is 0.645. The Morgan fingerprint density at radius 2 is 2.06 bits per heavy atom. The number of nitrogens with zero attached hydrogens (tertiary/aromatic N) is 1. The van der Waals surface area contributed by atoms with Crippen LogP contribution in [-0.2, 0) is 4.79 Å². The van der Waals surface area contributed by atoms with E-state index in [-0.39, 0.29) is 0 Å². The number of carbonyl (C=O) groups excluding carboxylic acids is 1. The van der Waals surface area contributed by atoms with Gasteiger partial charge in [0.15, 0.2) is 0 Å². The van der Waals surface area contributed by atoms with Crippen molar-refractivity contribution in [3.63, 3.8) is 0 Å². The van der Waals surface area contributed by atoms with Crippen molar-refractivity contribution >= 4 is 5.91 Å². The quantitative estimate of drug-likeness (QED) is 0.816. The number of hydrogen-bond donors (Lipinski definition) is 1. The lowest BCUT2D eigenvalue weighted by Gasteiger charge is -2.37. The number of fused-ring (bicyclic) bond motifs is 2. The molecule has 5 atom stereocenters. The first-order valence-electron chi connectivity index (χ1n) is 7.68. The van der Waals surface area contributed by atoms with Gasteiger partial charge in [-0.15, -0.1) is 0 Å². The molecule has 3 nitrogen and oxygen atoms in total. The Hall–Kier alpha value is -0.570. The van der Waals surface area contributed by atoms with Crippen LogP contribution in [-0.4, -0.2) is 29.4 Å². The van der Waals surface area contributed by atoms with Crippen LogP contribution in [0.25, 0.3) is 0 Å². The van der Waals surface area contributed by atoms with Crippen LogP contribution in [0.2, 0.25) is 0 Å². The topological polar surface area (TPSA) is 46.3 Å². The summed E-state index contributed by atoms with van der Waals surface area (Å²) in [5, 5.41) is 0. The molecule has 2 bridgehead atoms. The molecule has 3 heteroatoms. The molecule has 2 N–H and O–H groups in total. The van der Waals surface area contributed by atoms with Gasteiger partial charge in [0.05, 0.1) is 0 Å². The van der Waals surface area contributed by atoms with Gasteiger partial charge in [0.2, 0.25) is 5.91 Å². The predicted molar refractivity (Wildman–Crippen MR) is 71.9 cm³/mol. The summed E-state index contributed by atoms with van der Waals surface area (Å²) in [5.74, 6) is 2.90. The standard InChI is InChI=1S/C15H26N2O/c1-10-6-14(16)4-5-17(10)15(18)9-13-8-11-2-3-12(13)7-11/h10-14H,2-9,16H2,1H3. The zero-order valence-electron chi connectivity index (χ0n) is 11.5. The molecule has 5 unspecified atom stereocenters. The average molecular weight is 250 g/mol. The van der Waals surface area contributed by atoms with Gasteiger partial charge in [-0.25, -0.2) is 0 Å². The SMILES string of the molecule is CC1CC(N)CCN1C(=O)CC1CC2CCC1C2. The highest BCUT2D eigenvalue weighted by molar-refractivity contribution is 5.77. The Kier molecular flexibility index (Phi) is 3.35. The summed E-state index contributed by atoms with van der Waals surface area (Å²) < 4.78 is 0. The van der Waals surface area contributed by atoms with Gasteiger partial charge in [0.25, 0.3) is 0 Å². The average Bonchev–Trinajstić information content (AvgIpc) is 2.90. The molecule has 0 aromatic rings. The Morgan fingerprint density at radius 1 is 1.22 bits per heavy atom. The molecular weight excluding hydrogens is 224 g/mol. The van der Waals surface area contributed by atoms with Gasteiger partial charge in [-0.3, -0.25) is 4.79 Å². The molecule has 3 rings (SSSR count). The third-order valence-corrected chi connectivity index (χ3v) is 5.56. The second kappa shape index (κ2) is 4.84. The van der Waals surface area contributed by atoms with E-state index in [1.165, 1.54) is 25.7 Å². The fourth-order valence-electron chi connectivity index (χ4n) is 4.55. The zero-order valence-corrected chi connectivity index (χ0v) is 11.5.